The van der Waals surface area contributed by atoms with Crippen LogP contribution in [0.3, 0.4) is 0 Å². The first-order chi connectivity index (χ1) is 12.1. The van der Waals surface area contributed by atoms with Crippen LogP contribution < -0.4 is 10.1 Å². The standard InChI is InChI=1S/C17H16N4O4/c1-12(11-18-14-7-9-15(10-8-14)21(22)23)24-17-16(19-25-20-17)13-5-3-2-4-6-13/h2-10,12,18H,11H2,1H3/t12-/m0/s1. The fraction of sp³-hybridized carbons (Fsp3) is 0.176. The van der Waals surface area contributed by atoms with Gasteiger partial charge in [0.25, 0.3) is 11.6 Å². The molecule has 0 bridgehead atoms. The zero-order chi connectivity index (χ0) is 17.6. The Morgan fingerprint density at radius 1 is 1.16 bits per heavy atom. The highest BCUT2D eigenvalue weighted by Gasteiger charge is 2.16. The summed E-state index contributed by atoms with van der Waals surface area (Å²) in [5.74, 6) is 0.323. The number of anilines is 1. The summed E-state index contributed by atoms with van der Waals surface area (Å²) in [5, 5.41) is 21.5. The molecule has 3 aromatic rings. The zero-order valence-electron chi connectivity index (χ0n) is 13.5. The summed E-state index contributed by atoms with van der Waals surface area (Å²) < 4.78 is 10.6. The summed E-state index contributed by atoms with van der Waals surface area (Å²) in [6.07, 6.45) is -0.218. The van der Waals surface area contributed by atoms with Crippen LogP contribution in [0, 0.1) is 10.1 Å². The molecule has 0 unspecified atom stereocenters. The number of hydrogen-bond donors (Lipinski definition) is 1. The smallest absolute Gasteiger partial charge is 0.284 e. The number of nitro groups is 1. The molecule has 0 radical (unpaired) electrons. The minimum absolute atomic E-state index is 0.0519. The lowest BCUT2D eigenvalue weighted by atomic mass is 10.2. The highest BCUT2D eigenvalue weighted by atomic mass is 16.6. The van der Waals surface area contributed by atoms with Crippen molar-refractivity contribution in [2.24, 2.45) is 0 Å². The van der Waals surface area contributed by atoms with Crippen LogP contribution in [-0.4, -0.2) is 27.9 Å². The van der Waals surface area contributed by atoms with Crippen molar-refractivity contribution < 1.29 is 14.3 Å². The number of rotatable bonds is 7. The van der Waals surface area contributed by atoms with Crippen molar-refractivity contribution >= 4 is 11.4 Å². The Hall–Kier alpha value is -3.42. The molecule has 0 saturated heterocycles. The summed E-state index contributed by atoms with van der Waals surface area (Å²) in [4.78, 5) is 10.2. The SMILES string of the molecule is C[C@@H](CNc1ccc([N+](=O)[O-])cc1)Oc1nonc1-c1ccccc1. The van der Waals surface area contributed by atoms with Crippen LogP contribution in [0.1, 0.15) is 6.92 Å². The molecule has 1 aromatic heterocycles. The van der Waals surface area contributed by atoms with Gasteiger partial charge in [0.15, 0.2) is 5.69 Å². The van der Waals surface area contributed by atoms with E-state index in [4.69, 9.17) is 9.37 Å². The van der Waals surface area contributed by atoms with Gasteiger partial charge in [-0.3, -0.25) is 10.1 Å². The Morgan fingerprint density at radius 2 is 1.88 bits per heavy atom. The number of non-ortho nitro benzene ring substituents is 1. The number of hydrogen-bond acceptors (Lipinski definition) is 7. The lowest BCUT2D eigenvalue weighted by molar-refractivity contribution is -0.384. The van der Waals surface area contributed by atoms with Gasteiger partial charge in [-0.25, -0.2) is 4.63 Å². The molecule has 0 amide bonds. The van der Waals surface area contributed by atoms with E-state index in [1.165, 1.54) is 12.1 Å². The second-order valence-electron chi connectivity index (χ2n) is 5.40. The van der Waals surface area contributed by atoms with Crippen molar-refractivity contribution in [3.8, 4) is 17.1 Å². The summed E-state index contributed by atoms with van der Waals surface area (Å²) in [7, 11) is 0. The zero-order valence-corrected chi connectivity index (χ0v) is 13.5. The van der Waals surface area contributed by atoms with Gasteiger partial charge in [0.2, 0.25) is 0 Å². The van der Waals surface area contributed by atoms with Crippen molar-refractivity contribution in [3.63, 3.8) is 0 Å². The molecule has 1 atom stereocenters. The first-order valence-corrected chi connectivity index (χ1v) is 7.66. The van der Waals surface area contributed by atoms with Gasteiger partial charge in [-0.1, -0.05) is 30.3 Å². The van der Waals surface area contributed by atoms with Crippen LogP contribution in [0.5, 0.6) is 5.88 Å². The minimum Gasteiger partial charge on any atom is -0.469 e. The Bertz CT molecular complexity index is 833. The second-order valence-corrected chi connectivity index (χ2v) is 5.40. The van der Waals surface area contributed by atoms with Gasteiger partial charge in [0.1, 0.15) is 6.10 Å². The molecule has 8 nitrogen and oxygen atoms in total. The van der Waals surface area contributed by atoms with Crippen LogP contribution in [0.25, 0.3) is 11.3 Å². The van der Waals surface area contributed by atoms with E-state index in [1.54, 1.807) is 12.1 Å². The molecule has 0 spiro atoms. The number of ether oxygens (including phenoxy) is 1. The number of aromatic nitrogens is 2. The van der Waals surface area contributed by atoms with E-state index >= 15 is 0 Å². The molecule has 0 aliphatic carbocycles. The number of nitro benzene ring substituents is 1. The second kappa shape index (κ2) is 7.43. The summed E-state index contributed by atoms with van der Waals surface area (Å²) in [6.45, 7) is 2.36. The highest BCUT2D eigenvalue weighted by Crippen LogP contribution is 2.26. The Kier molecular flexibility index (Phi) is 4.89. The molecular formula is C17H16N4O4. The third kappa shape index (κ3) is 4.11. The molecule has 8 heteroatoms. The van der Waals surface area contributed by atoms with E-state index in [0.717, 1.165) is 11.3 Å². The summed E-state index contributed by atoms with van der Waals surface area (Å²) in [6, 6.07) is 15.7. The fourth-order valence-electron chi connectivity index (χ4n) is 2.22. The molecule has 1 heterocycles. The largest absolute Gasteiger partial charge is 0.469 e. The van der Waals surface area contributed by atoms with E-state index < -0.39 is 4.92 Å². The molecule has 0 fully saturated rings. The summed E-state index contributed by atoms with van der Waals surface area (Å²) >= 11 is 0. The highest BCUT2D eigenvalue weighted by molar-refractivity contribution is 5.63. The Morgan fingerprint density at radius 3 is 2.56 bits per heavy atom. The maximum Gasteiger partial charge on any atom is 0.284 e. The number of benzene rings is 2. The molecule has 0 aliphatic rings. The van der Waals surface area contributed by atoms with Gasteiger partial charge in [-0.15, -0.1) is 0 Å². The lowest BCUT2D eigenvalue weighted by Gasteiger charge is -2.14. The van der Waals surface area contributed by atoms with Gasteiger partial charge in [-0.2, -0.15) is 0 Å². The van der Waals surface area contributed by atoms with Crippen molar-refractivity contribution in [1.29, 1.82) is 0 Å². The van der Waals surface area contributed by atoms with Crippen LogP contribution in [0.2, 0.25) is 0 Å². The molecular weight excluding hydrogens is 324 g/mol. The van der Waals surface area contributed by atoms with Gasteiger partial charge >= 0.3 is 0 Å². The lowest BCUT2D eigenvalue weighted by Crippen LogP contribution is -2.23. The normalized spacial score (nSPS) is 11.7. The third-order valence-corrected chi connectivity index (χ3v) is 3.49. The molecule has 25 heavy (non-hydrogen) atoms. The van der Waals surface area contributed by atoms with Crippen molar-refractivity contribution in [2.75, 3.05) is 11.9 Å². The molecule has 0 saturated carbocycles. The Balaban J connectivity index is 1.59. The van der Waals surface area contributed by atoms with Gasteiger partial charge in [0, 0.05) is 23.4 Å². The molecule has 128 valence electrons. The quantitative estimate of drug-likeness (QED) is 0.518. The molecule has 2 aromatic carbocycles. The molecule has 1 N–H and O–H groups in total. The van der Waals surface area contributed by atoms with Crippen LogP contribution in [0.15, 0.2) is 59.2 Å². The average Bonchev–Trinajstić information content (AvgIpc) is 3.09. The number of nitrogens with one attached hydrogen (secondary N) is 1. The maximum atomic E-state index is 10.6. The predicted octanol–water partition coefficient (Wildman–Crippen LogP) is 3.52. The van der Waals surface area contributed by atoms with Crippen molar-refractivity contribution in [1.82, 2.24) is 10.3 Å². The maximum absolute atomic E-state index is 10.6. The Labute approximate surface area is 143 Å². The van der Waals surface area contributed by atoms with E-state index in [0.29, 0.717) is 18.1 Å². The van der Waals surface area contributed by atoms with Crippen LogP contribution in [-0.2, 0) is 0 Å². The van der Waals surface area contributed by atoms with Crippen molar-refractivity contribution in [3.05, 3.63) is 64.7 Å². The summed E-state index contributed by atoms with van der Waals surface area (Å²) in [5.41, 5.74) is 2.22. The van der Waals surface area contributed by atoms with E-state index in [2.05, 4.69) is 15.6 Å². The van der Waals surface area contributed by atoms with E-state index in [-0.39, 0.29) is 11.8 Å². The van der Waals surface area contributed by atoms with Gasteiger partial charge < -0.3 is 10.1 Å². The fourth-order valence-corrected chi connectivity index (χ4v) is 2.22. The predicted molar refractivity (Wildman–Crippen MR) is 91.4 cm³/mol. The van der Waals surface area contributed by atoms with Gasteiger partial charge in [0.05, 0.1) is 11.5 Å². The first kappa shape index (κ1) is 16.4. The average molecular weight is 340 g/mol. The first-order valence-electron chi connectivity index (χ1n) is 7.66. The molecule has 0 aliphatic heterocycles. The van der Waals surface area contributed by atoms with E-state index in [9.17, 15) is 10.1 Å². The minimum atomic E-state index is -0.432. The van der Waals surface area contributed by atoms with Crippen LogP contribution >= 0.6 is 0 Å². The number of nitrogens with zero attached hydrogens (tertiary/aromatic N) is 3. The molecule has 3 rings (SSSR count). The topological polar surface area (TPSA) is 103 Å². The monoisotopic (exact) mass is 340 g/mol. The van der Waals surface area contributed by atoms with E-state index in [1.807, 2.05) is 37.3 Å². The van der Waals surface area contributed by atoms with Crippen molar-refractivity contribution in [2.45, 2.75) is 13.0 Å². The van der Waals surface area contributed by atoms with Gasteiger partial charge in [-0.05, 0) is 29.4 Å². The van der Waals surface area contributed by atoms with Crippen LogP contribution in [0.4, 0.5) is 11.4 Å². The third-order valence-electron chi connectivity index (χ3n) is 3.49.